The van der Waals surface area contributed by atoms with Crippen LogP contribution in [0.5, 0.6) is 5.75 Å². The maximum absolute atomic E-state index is 5.74. The first-order valence-electron chi connectivity index (χ1n) is 6.40. The minimum absolute atomic E-state index is 0.410. The predicted molar refractivity (Wildman–Crippen MR) is 73.5 cm³/mol. The number of nitrogens with two attached hydrogens (primary N) is 1. The molecule has 5 nitrogen and oxygen atoms in total. The van der Waals surface area contributed by atoms with Crippen LogP contribution in [0.25, 0.3) is 0 Å². The number of benzene rings is 1. The lowest BCUT2D eigenvalue weighted by atomic mass is 10.2. The van der Waals surface area contributed by atoms with Crippen LogP contribution in [0.15, 0.2) is 36.4 Å². The standard InChI is InChI=1S/C14H16N4O/c15-10-11-6-7-14(17-16-11)18-8-3-9-19-13-5-2-1-4-12(13)18/h1-2,4-7H,3,8-10,15H2. The zero-order valence-corrected chi connectivity index (χ0v) is 10.6. The molecule has 2 heterocycles. The van der Waals surface area contributed by atoms with E-state index in [0.29, 0.717) is 6.54 Å². The number of hydrogen-bond donors (Lipinski definition) is 1. The fraction of sp³-hybridized carbons (Fsp3) is 0.286. The lowest BCUT2D eigenvalue weighted by Crippen LogP contribution is -2.19. The molecule has 0 spiro atoms. The normalized spacial score (nSPS) is 14.5. The van der Waals surface area contributed by atoms with Crippen molar-refractivity contribution >= 4 is 11.5 Å². The van der Waals surface area contributed by atoms with Crippen molar-refractivity contribution in [2.75, 3.05) is 18.1 Å². The average molecular weight is 256 g/mol. The summed E-state index contributed by atoms with van der Waals surface area (Å²) in [6.07, 6.45) is 0.953. The van der Waals surface area contributed by atoms with Crippen molar-refractivity contribution in [1.29, 1.82) is 0 Å². The Hall–Kier alpha value is -2.14. The Morgan fingerprint density at radius 2 is 2.05 bits per heavy atom. The van der Waals surface area contributed by atoms with Crippen molar-refractivity contribution in [3.8, 4) is 5.75 Å². The van der Waals surface area contributed by atoms with E-state index in [1.54, 1.807) is 0 Å². The molecule has 0 saturated carbocycles. The number of anilines is 2. The highest BCUT2D eigenvalue weighted by molar-refractivity contribution is 5.67. The zero-order chi connectivity index (χ0) is 13.1. The van der Waals surface area contributed by atoms with Crippen LogP contribution in [0.1, 0.15) is 12.1 Å². The number of nitrogens with zero attached hydrogens (tertiary/aromatic N) is 3. The Labute approximate surface area is 112 Å². The molecule has 1 aliphatic rings. The second-order valence-corrected chi connectivity index (χ2v) is 4.41. The summed E-state index contributed by atoms with van der Waals surface area (Å²) >= 11 is 0. The summed E-state index contributed by atoms with van der Waals surface area (Å²) in [4.78, 5) is 2.13. The Bertz CT molecular complexity index is 556. The van der Waals surface area contributed by atoms with Crippen molar-refractivity contribution in [2.24, 2.45) is 5.73 Å². The van der Waals surface area contributed by atoms with Gasteiger partial charge in [0.15, 0.2) is 5.82 Å². The van der Waals surface area contributed by atoms with Gasteiger partial charge in [0.2, 0.25) is 0 Å². The second kappa shape index (κ2) is 5.24. The molecule has 1 aromatic heterocycles. The highest BCUT2D eigenvalue weighted by atomic mass is 16.5. The topological polar surface area (TPSA) is 64.3 Å². The van der Waals surface area contributed by atoms with Gasteiger partial charge in [-0.3, -0.25) is 0 Å². The van der Waals surface area contributed by atoms with Crippen molar-refractivity contribution in [3.63, 3.8) is 0 Å². The van der Waals surface area contributed by atoms with E-state index in [4.69, 9.17) is 10.5 Å². The summed E-state index contributed by atoms with van der Waals surface area (Å²) in [5.41, 5.74) is 7.38. The van der Waals surface area contributed by atoms with E-state index < -0.39 is 0 Å². The van der Waals surface area contributed by atoms with E-state index in [2.05, 4.69) is 15.1 Å². The van der Waals surface area contributed by atoms with Crippen LogP contribution < -0.4 is 15.4 Å². The van der Waals surface area contributed by atoms with Crippen LogP contribution in [0.2, 0.25) is 0 Å². The van der Waals surface area contributed by atoms with E-state index >= 15 is 0 Å². The second-order valence-electron chi connectivity index (χ2n) is 4.41. The maximum Gasteiger partial charge on any atom is 0.155 e. The van der Waals surface area contributed by atoms with Crippen molar-refractivity contribution in [3.05, 3.63) is 42.1 Å². The minimum Gasteiger partial charge on any atom is -0.491 e. The van der Waals surface area contributed by atoms with Gasteiger partial charge in [-0.1, -0.05) is 12.1 Å². The van der Waals surface area contributed by atoms with Crippen LogP contribution in [0.3, 0.4) is 0 Å². The highest BCUT2D eigenvalue weighted by Crippen LogP contribution is 2.34. The smallest absolute Gasteiger partial charge is 0.155 e. The third-order valence-corrected chi connectivity index (χ3v) is 3.13. The summed E-state index contributed by atoms with van der Waals surface area (Å²) in [6, 6.07) is 11.9. The molecule has 3 rings (SSSR count). The van der Waals surface area contributed by atoms with Crippen LogP contribution in [-0.4, -0.2) is 23.3 Å². The van der Waals surface area contributed by atoms with Crippen molar-refractivity contribution in [1.82, 2.24) is 10.2 Å². The van der Waals surface area contributed by atoms with Crippen LogP contribution in [0, 0.1) is 0 Å². The van der Waals surface area contributed by atoms with Crippen molar-refractivity contribution in [2.45, 2.75) is 13.0 Å². The van der Waals surface area contributed by atoms with Gasteiger partial charge in [0.1, 0.15) is 5.75 Å². The summed E-state index contributed by atoms with van der Waals surface area (Å²) < 4.78 is 5.74. The Balaban J connectivity index is 1.99. The molecular weight excluding hydrogens is 240 g/mol. The molecule has 0 amide bonds. The third-order valence-electron chi connectivity index (χ3n) is 3.13. The first-order valence-corrected chi connectivity index (χ1v) is 6.40. The quantitative estimate of drug-likeness (QED) is 0.888. The number of fused-ring (bicyclic) bond motifs is 1. The number of aromatic nitrogens is 2. The van der Waals surface area contributed by atoms with Gasteiger partial charge in [0.25, 0.3) is 0 Å². The Morgan fingerprint density at radius 3 is 2.84 bits per heavy atom. The Morgan fingerprint density at radius 1 is 1.16 bits per heavy atom. The largest absolute Gasteiger partial charge is 0.491 e. The molecule has 0 radical (unpaired) electrons. The minimum atomic E-state index is 0.410. The summed E-state index contributed by atoms with van der Waals surface area (Å²) in [6.45, 7) is 2.00. The number of rotatable bonds is 2. The molecular formula is C14H16N4O. The van der Waals surface area contributed by atoms with E-state index in [1.807, 2.05) is 36.4 Å². The molecule has 1 aliphatic heterocycles. The summed E-state index contributed by atoms with van der Waals surface area (Å²) in [7, 11) is 0. The molecule has 2 aromatic rings. The lowest BCUT2D eigenvalue weighted by molar-refractivity contribution is 0.322. The molecule has 2 N–H and O–H groups in total. The van der Waals surface area contributed by atoms with E-state index in [1.165, 1.54) is 0 Å². The number of hydrogen-bond acceptors (Lipinski definition) is 5. The first-order chi connectivity index (χ1) is 9.38. The van der Waals surface area contributed by atoms with Gasteiger partial charge in [0.05, 0.1) is 18.0 Å². The average Bonchev–Trinajstić information content (AvgIpc) is 2.70. The molecule has 0 atom stereocenters. The predicted octanol–water partition coefficient (Wildman–Crippen LogP) is 1.86. The van der Waals surface area contributed by atoms with Gasteiger partial charge in [-0.2, -0.15) is 5.10 Å². The molecule has 19 heavy (non-hydrogen) atoms. The zero-order valence-electron chi connectivity index (χ0n) is 10.6. The SMILES string of the molecule is NCc1ccc(N2CCCOc3ccccc32)nn1. The first kappa shape index (κ1) is 11.9. The van der Waals surface area contributed by atoms with Gasteiger partial charge in [-0.05, 0) is 30.7 Å². The van der Waals surface area contributed by atoms with Crippen LogP contribution in [0.4, 0.5) is 11.5 Å². The monoisotopic (exact) mass is 256 g/mol. The molecule has 0 bridgehead atoms. The molecule has 0 unspecified atom stereocenters. The summed E-state index contributed by atoms with van der Waals surface area (Å²) in [5, 5.41) is 8.37. The highest BCUT2D eigenvalue weighted by Gasteiger charge is 2.18. The third kappa shape index (κ3) is 2.37. The van der Waals surface area contributed by atoms with Crippen LogP contribution >= 0.6 is 0 Å². The molecule has 0 fully saturated rings. The molecule has 98 valence electrons. The van der Waals surface area contributed by atoms with Gasteiger partial charge in [0, 0.05) is 13.1 Å². The fourth-order valence-corrected chi connectivity index (χ4v) is 2.17. The van der Waals surface area contributed by atoms with Crippen LogP contribution in [-0.2, 0) is 6.54 Å². The van der Waals surface area contributed by atoms with Gasteiger partial charge >= 0.3 is 0 Å². The number of para-hydroxylation sites is 2. The van der Waals surface area contributed by atoms with Gasteiger partial charge in [-0.25, -0.2) is 0 Å². The van der Waals surface area contributed by atoms with Gasteiger partial charge < -0.3 is 15.4 Å². The summed E-state index contributed by atoms with van der Waals surface area (Å²) in [5.74, 6) is 1.72. The Kier molecular flexibility index (Phi) is 3.29. The fourth-order valence-electron chi connectivity index (χ4n) is 2.17. The van der Waals surface area contributed by atoms with E-state index in [9.17, 15) is 0 Å². The van der Waals surface area contributed by atoms with Crippen molar-refractivity contribution < 1.29 is 4.74 Å². The molecule has 1 aromatic carbocycles. The van der Waals surface area contributed by atoms with E-state index in [-0.39, 0.29) is 0 Å². The molecule has 5 heteroatoms. The number of ether oxygens (including phenoxy) is 1. The van der Waals surface area contributed by atoms with Gasteiger partial charge in [-0.15, -0.1) is 5.10 Å². The lowest BCUT2D eigenvalue weighted by Gasteiger charge is -2.22. The molecule has 0 aliphatic carbocycles. The maximum atomic E-state index is 5.74. The van der Waals surface area contributed by atoms with E-state index in [0.717, 1.165) is 42.5 Å². The molecule has 0 saturated heterocycles.